The summed E-state index contributed by atoms with van der Waals surface area (Å²) >= 11 is 0. The van der Waals surface area contributed by atoms with Gasteiger partial charge in [0, 0.05) is 12.8 Å². The smallest absolute Gasteiger partial charge is 0.462 e. The van der Waals surface area contributed by atoms with Gasteiger partial charge in [-0.25, -0.2) is 4.57 Å². The molecule has 0 spiro atoms. The van der Waals surface area contributed by atoms with Gasteiger partial charge in [-0.1, -0.05) is 215 Å². The normalized spacial score (nSPS) is 15.0. The average Bonchev–Trinajstić information content (AvgIpc) is 3.26. The van der Waals surface area contributed by atoms with Crippen LogP contribution in [0.1, 0.15) is 194 Å². The molecule has 0 aromatic rings. The quantitative estimate of drug-likeness (QED) is 0.0134. The Morgan fingerprint density at radius 2 is 1.09 bits per heavy atom. The standard InChI is InChI=1S/C54H96NO10P/c1-6-8-10-11-12-13-14-15-16-17-18-19-20-21-22-23-24-25-29-32-38-45-54(59)65-52(49-64-66(60,61)63-47-46-55(3,4)5)48-62-53(58)44-39-33-37-43-51(57)42-36-31-28-26-27-30-35-41-50(56)40-34-9-7-2/h9,27-28,30-31,34-37,41-43,50-52,56-57H,6-8,10-26,29,32-33,38-40,44-49H2,1-5H3/p+1/b30-27-,31-28-,34-9-,41-35+,42-36+,43-37-/t50-,51-,52-/m1/s1. The molecule has 1 unspecified atom stereocenters. The Labute approximate surface area is 403 Å². The van der Waals surface area contributed by atoms with Crippen molar-refractivity contribution in [2.75, 3.05) is 47.5 Å². The van der Waals surface area contributed by atoms with Crippen LogP contribution in [-0.2, 0) is 32.7 Å². The van der Waals surface area contributed by atoms with E-state index in [1.807, 2.05) is 63.7 Å². The van der Waals surface area contributed by atoms with Crippen LogP contribution in [0.15, 0.2) is 72.9 Å². The zero-order chi connectivity index (χ0) is 48.8. The molecule has 0 aliphatic rings. The SMILES string of the molecule is CC/C=C\C[C@@H](O)/C=C/C=C\C/C=C\C=C\[C@@H](O)/C=C\CCCC(=O)OC[C@H](COP(=O)(O)OCC[N+](C)(C)C)OC(=O)CCCCCCCCCCCCCCCCCCCCCCC. The number of likely N-dealkylation sites (N-methyl/N-ethyl adjacent to an activating group) is 1. The van der Waals surface area contributed by atoms with E-state index in [0.29, 0.717) is 43.1 Å². The van der Waals surface area contributed by atoms with Crippen LogP contribution < -0.4 is 0 Å². The second-order valence-corrected chi connectivity index (χ2v) is 20.0. The monoisotopic (exact) mass is 951 g/mol. The molecular weight excluding hydrogens is 854 g/mol. The van der Waals surface area contributed by atoms with E-state index in [1.54, 1.807) is 30.4 Å². The first kappa shape index (κ1) is 63.4. The number of aliphatic hydroxyl groups excluding tert-OH is 2. The van der Waals surface area contributed by atoms with E-state index in [2.05, 4.69) is 13.8 Å². The molecule has 4 atom stereocenters. The summed E-state index contributed by atoms with van der Waals surface area (Å²) in [6.45, 7) is 4.03. The van der Waals surface area contributed by atoms with Gasteiger partial charge in [0.25, 0.3) is 0 Å². The number of quaternary nitrogens is 1. The first-order chi connectivity index (χ1) is 31.8. The fourth-order valence-corrected chi connectivity index (χ4v) is 7.61. The highest BCUT2D eigenvalue weighted by Crippen LogP contribution is 2.43. The van der Waals surface area contributed by atoms with Crippen LogP contribution in [0, 0.1) is 0 Å². The molecule has 0 saturated carbocycles. The van der Waals surface area contributed by atoms with Crippen molar-refractivity contribution >= 4 is 19.8 Å². The fraction of sp³-hybridized carbons (Fsp3) is 0.741. The number of rotatable bonds is 46. The van der Waals surface area contributed by atoms with Gasteiger partial charge in [0.05, 0.1) is 40.0 Å². The lowest BCUT2D eigenvalue weighted by Gasteiger charge is -2.24. The predicted octanol–water partition coefficient (Wildman–Crippen LogP) is 13.3. The van der Waals surface area contributed by atoms with E-state index in [9.17, 15) is 29.3 Å². The Morgan fingerprint density at radius 1 is 0.576 bits per heavy atom. The average molecular weight is 951 g/mol. The number of unbranched alkanes of at least 4 members (excludes halogenated alkanes) is 21. The minimum atomic E-state index is -4.43. The zero-order valence-electron chi connectivity index (χ0n) is 42.4. The molecule has 0 saturated heterocycles. The van der Waals surface area contributed by atoms with Gasteiger partial charge in [0.15, 0.2) is 6.10 Å². The molecule has 0 heterocycles. The molecule has 382 valence electrons. The second-order valence-electron chi connectivity index (χ2n) is 18.6. The van der Waals surface area contributed by atoms with Crippen molar-refractivity contribution < 1.29 is 52.3 Å². The number of aliphatic hydroxyl groups is 2. The highest BCUT2D eigenvalue weighted by molar-refractivity contribution is 7.47. The van der Waals surface area contributed by atoms with Crippen molar-refractivity contribution in [3.05, 3.63) is 72.9 Å². The summed E-state index contributed by atoms with van der Waals surface area (Å²) in [5, 5.41) is 20.1. The van der Waals surface area contributed by atoms with E-state index in [4.69, 9.17) is 18.5 Å². The molecule has 66 heavy (non-hydrogen) atoms. The maximum atomic E-state index is 12.8. The van der Waals surface area contributed by atoms with Gasteiger partial charge in [-0.05, 0) is 38.5 Å². The molecule has 0 aliphatic heterocycles. The Morgan fingerprint density at radius 3 is 1.62 bits per heavy atom. The Bertz CT molecular complexity index is 1380. The van der Waals surface area contributed by atoms with Crippen LogP contribution in [0.2, 0.25) is 0 Å². The summed E-state index contributed by atoms with van der Waals surface area (Å²) in [5.41, 5.74) is 0. The fourth-order valence-electron chi connectivity index (χ4n) is 6.87. The molecule has 0 rings (SSSR count). The van der Waals surface area contributed by atoms with Gasteiger partial charge in [-0.2, -0.15) is 0 Å². The van der Waals surface area contributed by atoms with Crippen LogP contribution in [-0.4, -0.2) is 97.3 Å². The summed E-state index contributed by atoms with van der Waals surface area (Å²) in [7, 11) is 1.36. The molecule has 12 heteroatoms. The molecule has 3 N–H and O–H groups in total. The Kier molecular flexibility index (Phi) is 43.1. The topological polar surface area (TPSA) is 149 Å². The summed E-state index contributed by atoms with van der Waals surface area (Å²) in [6, 6.07) is 0. The Hall–Kier alpha value is -2.63. The highest BCUT2D eigenvalue weighted by atomic mass is 31.2. The maximum absolute atomic E-state index is 12.8. The summed E-state index contributed by atoms with van der Waals surface area (Å²) < 4.78 is 34.3. The van der Waals surface area contributed by atoms with Gasteiger partial charge in [0.2, 0.25) is 0 Å². The summed E-state index contributed by atoms with van der Waals surface area (Å²) in [6.07, 6.45) is 50.3. The summed E-state index contributed by atoms with van der Waals surface area (Å²) in [5.74, 6) is -0.979. The van der Waals surface area contributed by atoms with Crippen molar-refractivity contribution in [1.82, 2.24) is 0 Å². The van der Waals surface area contributed by atoms with Gasteiger partial charge in [-0.15, -0.1) is 0 Å². The molecule has 0 radical (unpaired) electrons. The first-order valence-corrected chi connectivity index (χ1v) is 27.4. The lowest BCUT2D eigenvalue weighted by Crippen LogP contribution is -2.37. The van der Waals surface area contributed by atoms with E-state index < -0.39 is 44.7 Å². The molecule has 0 bridgehead atoms. The number of phosphoric ester groups is 1. The molecule has 0 amide bonds. The lowest BCUT2D eigenvalue weighted by atomic mass is 10.0. The number of carbonyl (C=O) groups excluding carboxylic acids is 2. The van der Waals surface area contributed by atoms with Gasteiger partial charge in [-0.3, -0.25) is 18.6 Å². The number of esters is 2. The highest BCUT2D eigenvalue weighted by Gasteiger charge is 2.27. The predicted molar refractivity (Wildman–Crippen MR) is 273 cm³/mol. The van der Waals surface area contributed by atoms with Gasteiger partial charge < -0.3 is 29.1 Å². The molecule has 0 fully saturated rings. The number of hydrogen-bond donors (Lipinski definition) is 3. The van der Waals surface area contributed by atoms with Gasteiger partial charge in [0.1, 0.15) is 19.8 Å². The van der Waals surface area contributed by atoms with Crippen LogP contribution >= 0.6 is 7.82 Å². The van der Waals surface area contributed by atoms with Crippen LogP contribution in [0.4, 0.5) is 0 Å². The molecule has 0 aromatic heterocycles. The van der Waals surface area contributed by atoms with E-state index >= 15 is 0 Å². The van der Waals surface area contributed by atoms with E-state index in [1.165, 1.54) is 109 Å². The van der Waals surface area contributed by atoms with Crippen LogP contribution in [0.3, 0.4) is 0 Å². The van der Waals surface area contributed by atoms with E-state index in [-0.39, 0.29) is 26.1 Å². The van der Waals surface area contributed by atoms with E-state index in [0.717, 1.165) is 25.7 Å². The molecule has 0 aliphatic carbocycles. The van der Waals surface area contributed by atoms with Crippen molar-refractivity contribution in [3.8, 4) is 0 Å². The minimum absolute atomic E-state index is 0.00332. The number of phosphoric acid groups is 1. The third-order valence-corrected chi connectivity index (χ3v) is 11.9. The van der Waals surface area contributed by atoms with Crippen molar-refractivity contribution in [2.24, 2.45) is 0 Å². The molecular formula is C54H97NO10P+. The maximum Gasteiger partial charge on any atom is 0.472 e. The van der Waals surface area contributed by atoms with Crippen molar-refractivity contribution in [3.63, 3.8) is 0 Å². The molecule has 0 aromatic carbocycles. The van der Waals surface area contributed by atoms with Crippen LogP contribution in [0.5, 0.6) is 0 Å². The second kappa shape index (κ2) is 44.9. The zero-order valence-corrected chi connectivity index (χ0v) is 43.3. The number of ether oxygens (including phenoxy) is 2. The molecule has 11 nitrogen and oxygen atoms in total. The number of hydrogen-bond acceptors (Lipinski definition) is 9. The van der Waals surface area contributed by atoms with Crippen molar-refractivity contribution in [1.29, 1.82) is 0 Å². The van der Waals surface area contributed by atoms with Crippen molar-refractivity contribution in [2.45, 2.75) is 212 Å². The lowest BCUT2D eigenvalue weighted by molar-refractivity contribution is -0.870. The largest absolute Gasteiger partial charge is 0.472 e. The third-order valence-electron chi connectivity index (χ3n) is 10.9. The summed E-state index contributed by atoms with van der Waals surface area (Å²) in [4.78, 5) is 35.5. The Balaban J connectivity index is 4.45. The number of carbonyl (C=O) groups is 2. The van der Waals surface area contributed by atoms with Gasteiger partial charge >= 0.3 is 19.8 Å². The number of allylic oxidation sites excluding steroid dienone is 8. The van der Waals surface area contributed by atoms with Crippen LogP contribution in [0.25, 0.3) is 0 Å². The number of nitrogens with zero attached hydrogens (tertiary/aromatic N) is 1. The minimum Gasteiger partial charge on any atom is -0.462 e. The third kappa shape index (κ3) is 47.8. The first-order valence-electron chi connectivity index (χ1n) is 25.9.